The SMILES string of the molecule is Cc1ccc(C#N)c(Nc2nc3ccc(C)cc3s2)c1. The zero-order valence-corrected chi connectivity index (χ0v) is 12.1. The molecule has 4 heteroatoms. The molecule has 1 N–H and O–H groups in total. The Balaban J connectivity index is 2.01. The molecule has 98 valence electrons. The summed E-state index contributed by atoms with van der Waals surface area (Å²) in [6.45, 7) is 4.08. The zero-order valence-electron chi connectivity index (χ0n) is 11.3. The Morgan fingerprint density at radius 3 is 2.65 bits per heavy atom. The van der Waals surface area contributed by atoms with E-state index in [4.69, 9.17) is 5.26 Å². The Kier molecular flexibility index (Phi) is 3.13. The highest BCUT2D eigenvalue weighted by Crippen LogP contribution is 2.30. The Hall–Kier alpha value is -2.38. The average Bonchev–Trinajstić information content (AvgIpc) is 2.80. The largest absolute Gasteiger partial charge is 0.330 e. The van der Waals surface area contributed by atoms with Crippen molar-refractivity contribution in [3.05, 3.63) is 53.1 Å². The van der Waals surface area contributed by atoms with Gasteiger partial charge in [0.15, 0.2) is 5.13 Å². The molecule has 0 fully saturated rings. The highest BCUT2D eigenvalue weighted by molar-refractivity contribution is 7.22. The van der Waals surface area contributed by atoms with Gasteiger partial charge in [0.05, 0.1) is 21.5 Å². The first-order valence-electron chi connectivity index (χ1n) is 6.31. The van der Waals surface area contributed by atoms with Gasteiger partial charge in [0.25, 0.3) is 0 Å². The van der Waals surface area contributed by atoms with E-state index >= 15 is 0 Å². The van der Waals surface area contributed by atoms with Crippen LogP contribution in [0.1, 0.15) is 16.7 Å². The summed E-state index contributed by atoms with van der Waals surface area (Å²) in [4.78, 5) is 4.55. The van der Waals surface area contributed by atoms with Gasteiger partial charge in [0, 0.05) is 0 Å². The number of hydrogen-bond donors (Lipinski definition) is 1. The summed E-state index contributed by atoms with van der Waals surface area (Å²) in [7, 11) is 0. The molecule has 0 aliphatic rings. The van der Waals surface area contributed by atoms with E-state index in [2.05, 4.69) is 35.4 Å². The van der Waals surface area contributed by atoms with E-state index in [1.165, 1.54) is 5.56 Å². The molecule has 20 heavy (non-hydrogen) atoms. The number of fused-ring (bicyclic) bond motifs is 1. The number of aryl methyl sites for hydroxylation is 2. The maximum atomic E-state index is 9.16. The van der Waals surface area contributed by atoms with Crippen LogP contribution < -0.4 is 5.32 Å². The minimum atomic E-state index is 0.631. The van der Waals surface area contributed by atoms with Crippen molar-refractivity contribution in [1.82, 2.24) is 4.98 Å². The summed E-state index contributed by atoms with van der Waals surface area (Å²) in [5.74, 6) is 0. The minimum Gasteiger partial charge on any atom is -0.330 e. The second-order valence-corrected chi connectivity index (χ2v) is 5.81. The lowest BCUT2D eigenvalue weighted by Crippen LogP contribution is -1.93. The number of anilines is 2. The molecule has 3 aromatic rings. The monoisotopic (exact) mass is 279 g/mol. The first kappa shape index (κ1) is 12.6. The zero-order chi connectivity index (χ0) is 14.1. The summed E-state index contributed by atoms with van der Waals surface area (Å²) in [6, 6.07) is 14.1. The van der Waals surface area contributed by atoms with E-state index in [9.17, 15) is 0 Å². The van der Waals surface area contributed by atoms with Gasteiger partial charge in [0.2, 0.25) is 0 Å². The fourth-order valence-corrected chi connectivity index (χ4v) is 3.04. The molecule has 3 nitrogen and oxygen atoms in total. The van der Waals surface area contributed by atoms with Gasteiger partial charge in [-0.2, -0.15) is 5.26 Å². The van der Waals surface area contributed by atoms with Crippen LogP contribution in [-0.4, -0.2) is 4.98 Å². The Labute approximate surface area is 121 Å². The van der Waals surface area contributed by atoms with Crippen molar-refractivity contribution < 1.29 is 0 Å². The lowest BCUT2D eigenvalue weighted by Gasteiger charge is -2.05. The number of nitrogens with one attached hydrogen (secondary N) is 1. The van der Waals surface area contributed by atoms with E-state index in [-0.39, 0.29) is 0 Å². The Morgan fingerprint density at radius 1 is 1.10 bits per heavy atom. The van der Waals surface area contributed by atoms with Crippen molar-refractivity contribution in [2.45, 2.75) is 13.8 Å². The van der Waals surface area contributed by atoms with Crippen LogP contribution in [0.5, 0.6) is 0 Å². The molecular formula is C16H13N3S. The van der Waals surface area contributed by atoms with Crippen LogP contribution in [0.15, 0.2) is 36.4 Å². The molecule has 0 unspecified atom stereocenters. The van der Waals surface area contributed by atoms with Crippen LogP contribution in [0.2, 0.25) is 0 Å². The normalized spacial score (nSPS) is 10.4. The topological polar surface area (TPSA) is 48.7 Å². The molecular weight excluding hydrogens is 266 g/mol. The number of hydrogen-bond acceptors (Lipinski definition) is 4. The van der Waals surface area contributed by atoms with Gasteiger partial charge in [-0.15, -0.1) is 0 Å². The molecule has 0 atom stereocenters. The number of nitriles is 1. The smallest absolute Gasteiger partial charge is 0.188 e. The summed E-state index contributed by atoms with van der Waals surface area (Å²) in [6.07, 6.45) is 0. The van der Waals surface area contributed by atoms with Crippen molar-refractivity contribution >= 4 is 32.4 Å². The summed E-state index contributed by atoms with van der Waals surface area (Å²) < 4.78 is 1.15. The highest BCUT2D eigenvalue weighted by Gasteiger charge is 2.07. The molecule has 2 aromatic carbocycles. The van der Waals surface area contributed by atoms with Crippen LogP contribution in [0.4, 0.5) is 10.8 Å². The van der Waals surface area contributed by atoms with Gasteiger partial charge >= 0.3 is 0 Å². The molecule has 0 spiro atoms. The van der Waals surface area contributed by atoms with Gasteiger partial charge in [-0.05, 0) is 49.2 Å². The van der Waals surface area contributed by atoms with Crippen LogP contribution in [-0.2, 0) is 0 Å². The average molecular weight is 279 g/mol. The molecule has 0 aliphatic carbocycles. The third-order valence-corrected chi connectivity index (χ3v) is 4.01. The number of rotatable bonds is 2. The molecule has 0 bridgehead atoms. The lowest BCUT2D eigenvalue weighted by atomic mass is 10.1. The van der Waals surface area contributed by atoms with Gasteiger partial charge in [-0.1, -0.05) is 23.5 Å². The predicted octanol–water partition coefficient (Wildman–Crippen LogP) is 4.53. The highest BCUT2D eigenvalue weighted by atomic mass is 32.1. The van der Waals surface area contributed by atoms with E-state index in [0.717, 1.165) is 26.6 Å². The number of benzene rings is 2. The third kappa shape index (κ3) is 2.36. The first-order chi connectivity index (χ1) is 9.65. The van der Waals surface area contributed by atoms with Crippen molar-refractivity contribution in [3.8, 4) is 6.07 Å². The van der Waals surface area contributed by atoms with Crippen molar-refractivity contribution in [3.63, 3.8) is 0 Å². The maximum absolute atomic E-state index is 9.16. The van der Waals surface area contributed by atoms with E-state index in [0.29, 0.717) is 5.56 Å². The van der Waals surface area contributed by atoms with Crippen molar-refractivity contribution in [1.29, 1.82) is 5.26 Å². The van der Waals surface area contributed by atoms with Gasteiger partial charge in [0.1, 0.15) is 6.07 Å². The molecule has 1 heterocycles. The number of nitrogens with zero attached hydrogens (tertiary/aromatic N) is 2. The Bertz CT molecular complexity index is 827. The second-order valence-electron chi connectivity index (χ2n) is 4.78. The second kappa shape index (κ2) is 4.95. The molecule has 0 aliphatic heterocycles. The summed E-state index contributed by atoms with van der Waals surface area (Å²) in [5.41, 5.74) is 4.76. The van der Waals surface area contributed by atoms with E-state index in [1.807, 2.05) is 31.2 Å². The van der Waals surface area contributed by atoms with Crippen LogP contribution in [0.25, 0.3) is 10.2 Å². The van der Waals surface area contributed by atoms with Crippen LogP contribution in [0.3, 0.4) is 0 Å². The van der Waals surface area contributed by atoms with Crippen LogP contribution in [0, 0.1) is 25.2 Å². The maximum Gasteiger partial charge on any atom is 0.188 e. The van der Waals surface area contributed by atoms with E-state index in [1.54, 1.807) is 11.3 Å². The van der Waals surface area contributed by atoms with Crippen LogP contribution >= 0.6 is 11.3 Å². The lowest BCUT2D eigenvalue weighted by molar-refractivity contribution is 1.39. The van der Waals surface area contributed by atoms with Gasteiger partial charge in [-0.25, -0.2) is 4.98 Å². The standard InChI is InChI=1S/C16H13N3S/c1-10-3-5-12(9-17)14(7-10)19-16-18-13-6-4-11(2)8-15(13)20-16/h3-8H,1-2H3,(H,18,19). The van der Waals surface area contributed by atoms with Gasteiger partial charge in [-0.3, -0.25) is 0 Å². The quantitative estimate of drug-likeness (QED) is 0.749. The van der Waals surface area contributed by atoms with Crippen molar-refractivity contribution in [2.24, 2.45) is 0 Å². The summed E-state index contributed by atoms with van der Waals surface area (Å²) in [5, 5.41) is 13.2. The minimum absolute atomic E-state index is 0.631. The van der Waals surface area contributed by atoms with Crippen molar-refractivity contribution in [2.75, 3.05) is 5.32 Å². The predicted molar refractivity (Wildman–Crippen MR) is 83.5 cm³/mol. The molecule has 0 saturated carbocycles. The number of aromatic nitrogens is 1. The molecule has 0 saturated heterocycles. The molecule has 3 rings (SSSR count). The molecule has 1 aromatic heterocycles. The first-order valence-corrected chi connectivity index (χ1v) is 7.12. The fourth-order valence-electron chi connectivity index (χ4n) is 2.06. The fraction of sp³-hybridized carbons (Fsp3) is 0.125. The third-order valence-electron chi connectivity index (χ3n) is 3.08. The molecule has 0 radical (unpaired) electrons. The van der Waals surface area contributed by atoms with E-state index < -0.39 is 0 Å². The summed E-state index contributed by atoms with van der Waals surface area (Å²) >= 11 is 1.60. The van der Waals surface area contributed by atoms with Gasteiger partial charge < -0.3 is 5.32 Å². The Morgan fingerprint density at radius 2 is 1.85 bits per heavy atom. The molecule has 0 amide bonds. The number of thiazole rings is 1.